The molecule has 80 valence electrons. The van der Waals surface area contributed by atoms with E-state index in [1.807, 2.05) is 11.6 Å². The summed E-state index contributed by atoms with van der Waals surface area (Å²) in [6.07, 6.45) is 4.81. The van der Waals surface area contributed by atoms with Gasteiger partial charge in [0, 0.05) is 0 Å². The number of hydrogen-bond acceptors (Lipinski definition) is 5. The first-order valence-corrected chi connectivity index (χ1v) is 6.03. The molecule has 1 heterocycles. The number of thioether (sulfide) groups is 1. The van der Waals surface area contributed by atoms with Gasteiger partial charge in [0.1, 0.15) is 0 Å². The predicted octanol–water partition coefficient (Wildman–Crippen LogP) is 1.79. The van der Waals surface area contributed by atoms with Gasteiger partial charge in [-0.1, -0.05) is 24.6 Å². The predicted molar refractivity (Wildman–Crippen MR) is 56.3 cm³/mol. The molecule has 1 fully saturated rings. The van der Waals surface area contributed by atoms with Crippen LogP contribution in [0.3, 0.4) is 0 Å². The molecule has 2 rings (SSSR count). The SMILES string of the molecule is C[C@H](C#N)Sc1nnnn1C1CCCC1. The molecule has 0 radical (unpaired) electrons. The average Bonchev–Trinajstić information content (AvgIpc) is 2.86. The maximum atomic E-state index is 8.74. The highest BCUT2D eigenvalue weighted by Gasteiger charge is 2.22. The van der Waals surface area contributed by atoms with Gasteiger partial charge in [0.15, 0.2) is 0 Å². The molecule has 0 spiro atoms. The second-order valence-electron chi connectivity index (χ2n) is 3.73. The Balaban J connectivity index is 2.11. The van der Waals surface area contributed by atoms with Gasteiger partial charge in [-0.3, -0.25) is 0 Å². The molecular weight excluding hydrogens is 210 g/mol. The molecule has 1 atom stereocenters. The zero-order chi connectivity index (χ0) is 10.7. The maximum Gasteiger partial charge on any atom is 0.210 e. The molecule has 0 aliphatic heterocycles. The Bertz CT molecular complexity index is 363. The molecule has 0 N–H and O–H groups in total. The lowest BCUT2D eigenvalue weighted by Crippen LogP contribution is -2.09. The smallest absolute Gasteiger partial charge is 0.210 e. The Kier molecular flexibility index (Phi) is 3.21. The number of nitrogens with zero attached hydrogens (tertiary/aromatic N) is 5. The van der Waals surface area contributed by atoms with Gasteiger partial charge >= 0.3 is 0 Å². The highest BCUT2D eigenvalue weighted by Crippen LogP contribution is 2.32. The summed E-state index contributed by atoms with van der Waals surface area (Å²) < 4.78 is 1.88. The molecule has 15 heavy (non-hydrogen) atoms. The van der Waals surface area contributed by atoms with Crippen molar-refractivity contribution in [2.75, 3.05) is 0 Å². The van der Waals surface area contributed by atoms with E-state index in [4.69, 9.17) is 5.26 Å². The van der Waals surface area contributed by atoms with Crippen LogP contribution >= 0.6 is 11.8 Å². The largest absolute Gasteiger partial charge is 0.217 e. The quantitative estimate of drug-likeness (QED) is 0.731. The van der Waals surface area contributed by atoms with E-state index in [2.05, 4.69) is 21.6 Å². The van der Waals surface area contributed by atoms with Gasteiger partial charge in [0.05, 0.1) is 17.4 Å². The van der Waals surface area contributed by atoms with Gasteiger partial charge in [-0.15, -0.1) is 5.10 Å². The monoisotopic (exact) mass is 223 g/mol. The normalized spacial score (nSPS) is 18.9. The van der Waals surface area contributed by atoms with Crippen LogP contribution in [-0.2, 0) is 0 Å². The molecule has 1 aliphatic carbocycles. The first-order chi connectivity index (χ1) is 7.31. The number of aromatic nitrogens is 4. The molecule has 0 amide bonds. The first kappa shape index (κ1) is 10.4. The van der Waals surface area contributed by atoms with Crippen molar-refractivity contribution in [3.05, 3.63) is 0 Å². The van der Waals surface area contributed by atoms with Gasteiger partial charge in [-0.05, 0) is 30.2 Å². The molecule has 0 saturated heterocycles. The zero-order valence-corrected chi connectivity index (χ0v) is 9.44. The Labute approximate surface area is 92.8 Å². The standard InChI is InChI=1S/C9H13N5S/c1-7(6-10)15-9-11-12-13-14(9)8-4-2-3-5-8/h7-8H,2-5H2,1H3/t7-/m1/s1. The summed E-state index contributed by atoms with van der Waals surface area (Å²) in [6.45, 7) is 1.86. The van der Waals surface area contributed by atoms with E-state index in [1.165, 1.54) is 24.6 Å². The van der Waals surface area contributed by atoms with Crippen molar-refractivity contribution in [3.8, 4) is 6.07 Å². The minimum atomic E-state index is -0.101. The fourth-order valence-electron chi connectivity index (χ4n) is 1.83. The van der Waals surface area contributed by atoms with E-state index in [0.29, 0.717) is 6.04 Å². The van der Waals surface area contributed by atoms with Gasteiger partial charge in [0.25, 0.3) is 0 Å². The van der Waals surface area contributed by atoms with Crippen molar-refractivity contribution >= 4 is 11.8 Å². The van der Waals surface area contributed by atoms with E-state index in [9.17, 15) is 0 Å². The summed E-state index contributed by atoms with van der Waals surface area (Å²) in [5, 5.41) is 21.1. The zero-order valence-electron chi connectivity index (χ0n) is 8.63. The lowest BCUT2D eigenvalue weighted by atomic mass is 10.3. The summed E-state index contributed by atoms with van der Waals surface area (Å²) >= 11 is 1.43. The topological polar surface area (TPSA) is 67.4 Å². The number of rotatable bonds is 3. The number of nitriles is 1. The molecule has 1 aromatic heterocycles. The lowest BCUT2D eigenvalue weighted by Gasteiger charge is -2.10. The van der Waals surface area contributed by atoms with Gasteiger partial charge in [-0.25, -0.2) is 4.68 Å². The number of tetrazole rings is 1. The third-order valence-electron chi connectivity index (χ3n) is 2.60. The first-order valence-electron chi connectivity index (χ1n) is 5.15. The fraction of sp³-hybridized carbons (Fsp3) is 0.778. The molecular formula is C9H13N5S. The summed E-state index contributed by atoms with van der Waals surface area (Å²) in [5.41, 5.74) is 0. The highest BCUT2D eigenvalue weighted by molar-refractivity contribution is 8.00. The highest BCUT2D eigenvalue weighted by atomic mass is 32.2. The molecule has 1 aromatic rings. The van der Waals surface area contributed by atoms with Crippen LogP contribution in [0.2, 0.25) is 0 Å². The van der Waals surface area contributed by atoms with Crippen LogP contribution in [0, 0.1) is 11.3 Å². The summed E-state index contributed by atoms with van der Waals surface area (Å²) in [5.74, 6) is 0. The van der Waals surface area contributed by atoms with Crippen molar-refractivity contribution in [3.63, 3.8) is 0 Å². The molecule has 5 nitrogen and oxygen atoms in total. The third-order valence-corrected chi connectivity index (χ3v) is 3.54. The van der Waals surface area contributed by atoms with E-state index < -0.39 is 0 Å². The van der Waals surface area contributed by atoms with Crippen molar-refractivity contribution in [1.29, 1.82) is 5.26 Å². The number of hydrogen-bond donors (Lipinski definition) is 0. The van der Waals surface area contributed by atoms with Crippen LogP contribution in [-0.4, -0.2) is 25.5 Å². The van der Waals surface area contributed by atoms with Crippen molar-refractivity contribution in [2.45, 2.75) is 49.1 Å². The Morgan fingerprint density at radius 1 is 1.53 bits per heavy atom. The van der Waals surface area contributed by atoms with Gasteiger partial charge in [-0.2, -0.15) is 5.26 Å². The Hall–Kier alpha value is -1.09. The molecule has 0 bridgehead atoms. The average molecular weight is 223 g/mol. The van der Waals surface area contributed by atoms with Crippen molar-refractivity contribution in [2.24, 2.45) is 0 Å². The van der Waals surface area contributed by atoms with Crippen LogP contribution in [0.4, 0.5) is 0 Å². The Morgan fingerprint density at radius 2 is 2.27 bits per heavy atom. The summed E-state index contributed by atoms with van der Waals surface area (Å²) in [6, 6.07) is 2.61. The third kappa shape index (κ3) is 2.29. The van der Waals surface area contributed by atoms with E-state index in [-0.39, 0.29) is 5.25 Å². The minimum Gasteiger partial charge on any atom is -0.217 e. The molecule has 1 saturated carbocycles. The van der Waals surface area contributed by atoms with Crippen LogP contribution in [0.25, 0.3) is 0 Å². The lowest BCUT2D eigenvalue weighted by molar-refractivity contribution is 0.423. The molecule has 0 aromatic carbocycles. The summed E-state index contributed by atoms with van der Waals surface area (Å²) in [4.78, 5) is 0. The van der Waals surface area contributed by atoms with Gasteiger partial charge < -0.3 is 0 Å². The van der Waals surface area contributed by atoms with Crippen LogP contribution in [0.1, 0.15) is 38.6 Å². The van der Waals surface area contributed by atoms with E-state index in [0.717, 1.165) is 18.0 Å². The second kappa shape index (κ2) is 4.62. The minimum absolute atomic E-state index is 0.101. The van der Waals surface area contributed by atoms with Crippen molar-refractivity contribution < 1.29 is 0 Å². The molecule has 6 heteroatoms. The molecule has 1 aliphatic rings. The maximum absolute atomic E-state index is 8.74. The fourth-order valence-corrected chi connectivity index (χ4v) is 2.57. The van der Waals surface area contributed by atoms with Crippen molar-refractivity contribution in [1.82, 2.24) is 20.2 Å². The van der Waals surface area contributed by atoms with Crippen LogP contribution < -0.4 is 0 Å². The molecule has 0 unspecified atom stereocenters. The van der Waals surface area contributed by atoms with E-state index in [1.54, 1.807) is 0 Å². The Morgan fingerprint density at radius 3 is 2.93 bits per heavy atom. The van der Waals surface area contributed by atoms with Crippen LogP contribution in [0.5, 0.6) is 0 Å². The van der Waals surface area contributed by atoms with E-state index >= 15 is 0 Å². The summed E-state index contributed by atoms with van der Waals surface area (Å²) in [7, 11) is 0. The second-order valence-corrected chi connectivity index (χ2v) is 5.04. The van der Waals surface area contributed by atoms with Crippen LogP contribution in [0.15, 0.2) is 5.16 Å². The van der Waals surface area contributed by atoms with Gasteiger partial charge in [0.2, 0.25) is 5.16 Å².